The number of nitrogens with zero attached hydrogens (tertiary/aromatic N) is 3. The monoisotopic (exact) mass is 421 g/mol. The first-order chi connectivity index (χ1) is 14.8. The Labute approximate surface area is 181 Å². The SMILES string of the molecule is C=CC(=O)N1CCN(C(=O)[C@H](Oc2ccc(C#N)cc2)c2ccc(C)c(F)c2)C[C@H]1C. The highest BCUT2D eigenvalue weighted by molar-refractivity contribution is 5.88. The highest BCUT2D eigenvalue weighted by Crippen LogP contribution is 2.27. The average molecular weight is 421 g/mol. The molecular formula is C24H24FN3O3. The Hall–Kier alpha value is -3.66. The van der Waals surface area contributed by atoms with E-state index in [0.29, 0.717) is 42.1 Å². The van der Waals surface area contributed by atoms with Crippen LogP contribution in [0.25, 0.3) is 0 Å². The molecule has 3 rings (SSSR count). The molecular weight excluding hydrogens is 397 g/mol. The molecule has 1 heterocycles. The van der Waals surface area contributed by atoms with Gasteiger partial charge in [0.2, 0.25) is 12.0 Å². The molecule has 6 nitrogen and oxygen atoms in total. The largest absolute Gasteiger partial charge is 0.476 e. The standard InChI is InChI=1S/C24H24FN3O3/c1-4-22(29)28-12-11-27(15-17(28)3)24(30)23(19-8-5-16(2)21(25)13-19)31-20-9-6-18(14-26)7-10-20/h4-10,13,17,23H,1,11-12,15H2,2-3H3/t17-,23-/m1/s1. The summed E-state index contributed by atoms with van der Waals surface area (Å²) in [5, 5.41) is 8.98. The second-order valence-electron chi connectivity index (χ2n) is 7.51. The number of amides is 2. The van der Waals surface area contributed by atoms with Crippen LogP contribution in [0.15, 0.2) is 55.1 Å². The Balaban J connectivity index is 1.87. The number of aryl methyl sites for hydroxylation is 1. The maximum absolute atomic E-state index is 14.3. The minimum Gasteiger partial charge on any atom is -0.476 e. The van der Waals surface area contributed by atoms with Gasteiger partial charge in [-0.3, -0.25) is 9.59 Å². The van der Waals surface area contributed by atoms with E-state index in [1.54, 1.807) is 53.1 Å². The van der Waals surface area contributed by atoms with Crippen LogP contribution < -0.4 is 4.74 Å². The summed E-state index contributed by atoms with van der Waals surface area (Å²) in [6.45, 7) is 8.08. The van der Waals surface area contributed by atoms with E-state index in [1.807, 2.05) is 13.0 Å². The van der Waals surface area contributed by atoms with Crippen LogP contribution in [0, 0.1) is 24.1 Å². The van der Waals surface area contributed by atoms with Crippen LogP contribution in [0.2, 0.25) is 0 Å². The Morgan fingerprint density at radius 2 is 1.97 bits per heavy atom. The zero-order valence-corrected chi connectivity index (χ0v) is 17.5. The van der Waals surface area contributed by atoms with Crippen LogP contribution in [0.3, 0.4) is 0 Å². The number of hydrogen-bond donors (Lipinski definition) is 0. The molecule has 2 aromatic carbocycles. The van der Waals surface area contributed by atoms with Crippen molar-refractivity contribution in [2.75, 3.05) is 19.6 Å². The minimum atomic E-state index is -1.06. The van der Waals surface area contributed by atoms with Gasteiger partial charge in [0.1, 0.15) is 11.6 Å². The lowest BCUT2D eigenvalue weighted by atomic mass is 10.0. The predicted molar refractivity (Wildman–Crippen MR) is 114 cm³/mol. The van der Waals surface area contributed by atoms with Gasteiger partial charge in [0.05, 0.1) is 11.6 Å². The molecule has 0 bridgehead atoms. The number of carbonyl (C=O) groups is 2. The van der Waals surface area contributed by atoms with E-state index in [1.165, 1.54) is 12.1 Å². The van der Waals surface area contributed by atoms with Crippen molar-refractivity contribution in [1.82, 2.24) is 9.80 Å². The molecule has 1 saturated heterocycles. The Kier molecular flexibility index (Phi) is 6.71. The molecule has 31 heavy (non-hydrogen) atoms. The summed E-state index contributed by atoms with van der Waals surface area (Å²) in [4.78, 5) is 28.7. The van der Waals surface area contributed by atoms with Crippen molar-refractivity contribution in [3.8, 4) is 11.8 Å². The summed E-state index contributed by atoms with van der Waals surface area (Å²) in [7, 11) is 0. The third-order valence-corrected chi connectivity index (χ3v) is 5.36. The van der Waals surface area contributed by atoms with Crippen molar-refractivity contribution in [1.29, 1.82) is 5.26 Å². The third-order valence-electron chi connectivity index (χ3n) is 5.36. The molecule has 0 N–H and O–H groups in total. The van der Waals surface area contributed by atoms with Crippen molar-refractivity contribution >= 4 is 11.8 Å². The van der Waals surface area contributed by atoms with Crippen molar-refractivity contribution in [2.24, 2.45) is 0 Å². The number of hydrogen-bond acceptors (Lipinski definition) is 4. The predicted octanol–water partition coefficient (Wildman–Crippen LogP) is 3.37. The zero-order valence-electron chi connectivity index (χ0n) is 17.5. The van der Waals surface area contributed by atoms with Gasteiger partial charge in [0.15, 0.2) is 0 Å². The molecule has 2 amide bonds. The minimum absolute atomic E-state index is 0.175. The summed E-state index contributed by atoms with van der Waals surface area (Å²) in [6.07, 6.45) is 0.205. The first-order valence-electron chi connectivity index (χ1n) is 9.98. The lowest BCUT2D eigenvalue weighted by Gasteiger charge is -2.40. The molecule has 7 heteroatoms. The van der Waals surface area contributed by atoms with Crippen LogP contribution in [0.4, 0.5) is 4.39 Å². The first kappa shape index (κ1) is 22.0. The molecule has 0 saturated carbocycles. The van der Waals surface area contributed by atoms with Crippen LogP contribution in [0.1, 0.15) is 29.7 Å². The molecule has 0 aliphatic carbocycles. The lowest BCUT2D eigenvalue weighted by molar-refractivity contribution is -0.145. The zero-order chi connectivity index (χ0) is 22.5. The number of rotatable bonds is 5. The maximum Gasteiger partial charge on any atom is 0.268 e. The van der Waals surface area contributed by atoms with Gasteiger partial charge in [-0.2, -0.15) is 5.26 Å². The fraction of sp³-hybridized carbons (Fsp3) is 0.292. The average Bonchev–Trinajstić information content (AvgIpc) is 2.78. The van der Waals surface area contributed by atoms with Crippen molar-refractivity contribution in [3.05, 3.63) is 77.6 Å². The summed E-state index contributed by atoms with van der Waals surface area (Å²) in [5.74, 6) is -0.517. The highest BCUT2D eigenvalue weighted by atomic mass is 19.1. The molecule has 1 aliphatic rings. The second kappa shape index (κ2) is 9.43. The molecule has 0 aromatic heterocycles. The van der Waals surface area contributed by atoms with Crippen LogP contribution >= 0.6 is 0 Å². The summed E-state index contributed by atoms with van der Waals surface area (Å²) < 4.78 is 20.2. The number of piperazine rings is 1. The van der Waals surface area contributed by atoms with Gasteiger partial charge in [0, 0.05) is 31.2 Å². The van der Waals surface area contributed by atoms with Gasteiger partial charge in [-0.15, -0.1) is 0 Å². The molecule has 2 atom stereocenters. The maximum atomic E-state index is 14.3. The summed E-state index contributed by atoms with van der Waals surface area (Å²) in [6, 6.07) is 12.8. The van der Waals surface area contributed by atoms with Gasteiger partial charge in [-0.25, -0.2) is 4.39 Å². The van der Waals surface area contributed by atoms with E-state index < -0.39 is 11.9 Å². The van der Waals surface area contributed by atoms with Crippen molar-refractivity contribution in [3.63, 3.8) is 0 Å². The van der Waals surface area contributed by atoms with E-state index >= 15 is 0 Å². The van der Waals surface area contributed by atoms with Gasteiger partial charge in [-0.1, -0.05) is 18.7 Å². The fourth-order valence-electron chi connectivity index (χ4n) is 3.55. The highest BCUT2D eigenvalue weighted by Gasteiger charge is 2.34. The van der Waals surface area contributed by atoms with E-state index in [-0.39, 0.29) is 17.9 Å². The van der Waals surface area contributed by atoms with E-state index in [2.05, 4.69) is 6.58 Å². The van der Waals surface area contributed by atoms with E-state index in [0.717, 1.165) is 0 Å². The number of nitriles is 1. The molecule has 1 aliphatic heterocycles. The topological polar surface area (TPSA) is 73.6 Å². The molecule has 160 valence electrons. The van der Waals surface area contributed by atoms with Crippen molar-refractivity contribution in [2.45, 2.75) is 26.0 Å². The number of carbonyl (C=O) groups excluding carboxylic acids is 2. The summed E-state index contributed by atoms with van der Waals surface area (Å²) >= 11 is 0. The Morgan fingerprint density at radius 3 is 2.55 bits per heavy atom. The quantitative estimate of drug-likeness (QED) is 0.694. The third kappa shape index (κ3) is 4.92. The van der Waals surface area contributed by atoms with Gasteiger partial charge in [0.25, 0.3) is 5.91 Å². The molecule has 0 unspecified atom stereocenters. The molecule has 0 radical (unpaired) electrons. The van der Waals surface area contributed by atoms with Gasteiger partial charge < -0.3 is 14.5 Å². The normalized spacial score (nSPS) is 16.9. The smallest absolute Gasteiger partial charge is 0.268 e. The summed E-state index contributed by atoms with van der Waals surface area (Å²) in [5.41, 5.74) is 1.33. The van der Waals surface area contributed by atoms with E-state index in [4.69, 9.17) is 10.00 Å². The number of benzene rings is 2. The Morgan fingerprint density at radius 1 is 1.26 bits per heavy atom. The van der Waals surface area contributed by atoms with Crippen LogP contribution in [-0.4, -0.2) is 47.3 Å². The van der Waals surface area contributed by atoms with Gasteiger partial charge >= 0.3 is 0 Å². The van der Waals surface area contributed by atoms with Crippen LogP contribution in [-0.2, 0) is 9.59 Å². The molecule has 2 aromatic rings. The van der Waals surface area contributed by atoms with Crippen LogP contribution in [0.5, 0.6) is 5.75 Å². The number of ether oxygens (including phenoxy) is 1. The molecule has 0 spiro atoms. The van der Waals surface area contributed by atoms with E-state index in [9.17, 15) is 14.0 Å². The lowest BCUT2D eigenvalue weighted by Crippen LogP contribution is -2.56. The second-order valence-corrected chi connectivity index (χ2v) is 7.51. The van der Waals surface area contributed by atoms with Gasteiger partial charge in [-0.05, 0) is 55.8 Å². The van der Waals surface area contributed by atoms with Crippen molar-refractivity contribution < 1.29 is 18.7 Å². The first-order valence-corrected chi connectivity index (χ1v) is 9.98. The number of halogens is 1. The Bertz CT molecular complexity index is 1030. The molecule has 1 fully saturated rings. The fourth-order valence-corrected chi connectivity index (χ4v) is 3.55.